The van der Waals surface area contributed by atoms with Crippen molar-refractivity contribution in [1.29, 1.82) is 0 Å². The Morgan fingerprint density at radius 2 is 2.04 bits per heavy atom. The van der Waals surface area contributed by atoms with E-state index in [9.17, 15) is 14.7 Å². The lowest BCUT2D eigenvalue weighted by molar-refractivity contribution is -0.141. The number of carbonyl (C=O) groups excluding carboxylic acids is 1. The molecule has 7 heteroatoms. The van der Waals surface area contributed by atoms with Crippen LogP contribution in [0.25, 0.3) is 5.69 Å². The lowest BCUT2D eigenvalue weighted by Crippen LogP contribution is -2.46. The molecule has 0 radical (unpaired) electrons. The average molecular weight is 340 g/mol. The second-order valence-corrected chi connectivity index (χ2v) is 6.81. The Kier molecular flexibility index (Phi) is 3.99. The van der Waals surface area contributed by atoms with Gasteiger partial charge in [0, 0.05) is 11.6 Å². The van der Waals surface area contributed by atoms with Crippen LogP contribution in [0.1, 0.15) is 42.5 Å². The van der Waals surface area contributed by atoms with E-state index >= 15 is 0 Å². The van der Waals surface area contributed by atoms with Crippen molar-refractivity contribution >= 4 is 11.9 Å². The standard InChI is InChI=1S/C18H20N4O3/c23-17(13-5-3-6-14(10-13)21-9-8-19-20-21)22-15-7-2-1-4-12(15)11-16(22)18(24)25/h3,5-6,8-10,12,15-16H,1-2,4,7,11H2,(H,24,25)/t12-,15+,16-/m0/s1. The minimum atomic E-state index is -0.907. The fourth-order valence-corrected chi connectivity index (χ4v) is 4.25. The average Bonchev–Trinajstić information content (AvgIpc) is 3.29. The maximum Gasteiger partial charge on any atom is 0.326 e. The van der Waals surface area contributed by atoms with Crippen LogP contribution in [0.2, 0.25) is 0 Å². The van der Waals surface area contributed by atoms with Crippen molar-refractivity contribution < 1.29 is 14.7 Å². The zero-order chi connectivity index (χ0) is 17.4. The van der Waals surface area contributed by atoms with Gasteiger partial charge in [-0.05, 0) is 43.4 Å². The fraction of sp³-hybridized carbons (Fsp3) is 0.444. The van der Waals surface area contributed by atoms with E-state index in [0.717, 1.165) is 31.4 Å². The number of nitrogens with zero attached hydrogens (tertiary/aromatic N) is 4. The van der Waals surface area contributed by atoms with E-state index in [-0.39, 0.29) is 11.9 Å². The molecule has 0 bridgehead atoms. The lowest BCUT2D eigenvalue weighted by Gasteiger charge is -2.33. The van der Waals surface area contributed by atoms with Crippen LogP contribution in [0.5, 0.6) is 0 Å². The van der Waals surface area contributed by atoms with Gasteiger partial charge in [0.05, 0.1) is 18.1 Å². The maximum atomic E-state index is 13.2. The third kappa shape index (κ3) is 2.79. The molecule has 1 aliphatic heterocycles. The number of amides is 1. The molecule has 1 amide bonds. The first-order chi connectivity index (χ1) is 12.1. The lowest BCUT2D eigenvalue weighted by atomic mass is 9.84. The Morgan fingerprint density at radius 3 is 2.80 bits per heavy atom. The summed E-state index contributed by atoms with van der Waals surface area (Å²) < 4.78 is 1.58. The number of likely N-dealkylation sites (tertiary alicyclic amines) is 1. The number of aromatic nitrogens is 3. The monoisotopic (exact) mass is 340 g/mol. The molecule has 4 rings (SSSR count). The second-order valence-electron chi connectivity index (χ2n) is 6.81. The summed E-state index contributed by atoms with van der Waals surface area (Å²) in [5.74, 6) is -0.809. The molecule has 2 aliphatic rings. The Hall–Kier alpha value is -2.70. The van der Waals surface area contributed by atoms with Crippen molar-refractivity contribution in [2.45, 2.75) is 44.2 Å². The van der Waals surface area contributed by atoms with Crippen molar-refractivity contribution in [1.82, 2.24) is 19.9 Å². The minimum Gasteiger partial charge on any atom is -0.480 e. The van der Waals surface area contributed by atoms with Gasteiger partial charge in [-0.1, -0.05) is 24.1 Å². The van der Waals surface area contributed by atoms with Crippen LogP contribution >= 0.6 is 0 Å². The van der Waals surface area contributed by atoms with E-state index in [2.05, 4.69) is 10.3 Å². The SMILES string of the molecule is O=C(O)[C@@H]1C[C@@H]2CCCC[C@H]2N1C(=O)c1cccc(-n2ccnn2)c1. The Balaban J connectivity index is 1.67. The van der Waals surface area contributed by atoms with E-state index < -0.39 is 12.0 Å². The highest BCUT2D eigenvalue weighted by Crippen LogP contribution is 2.40. The zero-order valence-electron chi connectivity index (χ0n) is 13.8. The summed E-state index contributed by atoms with van der Waals surface area (Å²) in [6.07, 6.45) is 7.92. The molecule has 0 unspecified atom stereocenters. The van der Waals surface area contributed by atoms with E-state index in [4.69, 9.17) is 0 Å². The summed E-state index contributed by atoms with van der Waals surface area (Å²) in [4.78, 5) is 26.5. The number of rotatable bonds is 3. The second kappa shape index (κ2) is 6.31. The zero-order valence-corrected chi connectivity index (χ0v) is 13.8. The molecule has 1 N–H and O–H groups in total. The first-order valence-corrected chi connectivity index (χ1v) is 8.67. The third-order valence-corrected chi connectivity index (χ3v) is 5.39. The molecule has 2 fully saturated rings. The van der Waals surface area contributed by atoms with Gasteiger partial charge < -0.3 is 10.0 Å². The predicted octanol–water partition coefficient (Wildman–Crippen LogP) is 2.13. The van der Waals surface area contributed by atoms with Gasteiger partial charge in [0.2, 0.25) is 0 Å². The number of benzene rings is 1. The van der Waals surface area contributed by atoms with E-state index in [1.165, 1.54) is 0 Å². The van der Waals surface area contributed by atoms with E-state index in [1.807, 2.05) is 6.07 Å². The summed E-state index contributed by atoms with van der Waals surface area (Å²) in [6.45, 7) is 0. The van der Waals surface area contributed by atoms with Crippen molar-refractivity contribution in [2.24, 2.45) is 5.92 Å². The van der Waals surface area contributed by atoms with Gasteiger partial charge in [0.1, 0.15) is 6.04 Å². The summed E-state index contributed by atoms with van der Waals surface area (Å²) in [6, 6.07) is 6.42. The minimum absolute atomic E-state index is 0.0392. The number of hydrogen-bond acceptors (Lipinski definition) is 4. The highest BCUT2D eigenvalue weighted by Gasteiger charge is 2.47. The van der Waals surface area contributed by atoms with E-state index in [1.54, 1.807) is 40.2 Å². The number of carboxylic acid groups (broad SMARTS) is 1. The van der Waals surface area contributed by atoms with Gasteiger partial charge >= 0.3 is 5.97 Å². The molecule has 7 nitrogen and oxygen atoms in total. The number of carboxylic acids is 1. The fourth-order valence-electron chi connectivity index (χ4n) is 4.25. The number of aliphatic carboxylic acids is 1. The molecule has 130 valence electrons. The van der Waals surface area contributed by atoms with Crippen molar-refractivity contribution in [3.8, 4) is 5.69 Å². The summed E-state index contributed by atoms with van der Waals surface area (Å²) in [7, 11) is 0. The maximum absolute atomic E-state index is 13.2. The highest BCUT2D eigenvalue weighted by atomic mass is 16.4. The summed E-state index contributed by atoms with van der Waals surface area (Å²) in [5, 5.41) is 17.3. The molecule has 2 aromatic rings. The smallest absolute Gasteiger partial charge is 0.326 e. The van der Waals surface area contributed by atoms with Crippen LogP contribution in [0, 0.1) is 5.92 Å². The quantitative estimate of drug-likeness (QED) is 0.924. The van der Waals surface area contributed by atoms with Crippen molar-refractivity contribution in [3.63, 3.8) is 0 Å². The van der Waals surface area contributed by atoms with Crippen LogP contribution in [-0.2, 0) is 4.79 Å². The summed E-state index contributed by atoms with van der Waals surface area (Å²) in [5.41, 5.74) is 1.22. The molecule has 25 heavy (non-hydrogen) atoms. The Labute approximate surface area is 145 Å². The van der Waals surface area contributed by atoms with E-state index in [0.29, 0.717) is 17.9 Å². The van der Waals surface area contributed by atoms with Gasteiger partial charge in [0.25, 0.3) is 5.91 Å². The molecule has 1 aliphatic carbocycles. The molecule has 3 atom stereocenters. The van der Waals surface area contributed by atoms with Crippen LogP contribution in [0.15, 0.2) is 36.7 Å². The molecule has 2 heterocycles. The predicted molar refractivity (Wildman–Crippen MR) is 89.3 cm³/mol. The highest BCUT2D eigenvalue weighted by molar-refractivity contribution is 5.97. The molecular formula is C18H20N4O3. The topological polar surface area (TPSA) is 88.3 Å². The molecule has 0 spiro atoms. The number of fused-ring (bicyclic) bond motifs is 1. The van der Waals surface area contributed by atoms with Gasteiger partial charge in [-0.25, -0.2) is 9.48 Å². The molecule has 1 saturated carbocycles. The normalized spacial score (nSPS) is 25.6. The third-order valence-electron chi connectivity index (χ3n) is 5.39. The van der Waals surface area contributed by atoms with Crippen LogP contribution in [0.4, 0.5) is 0 Å². The van der Waals surface area contributed by atoms with Gasteiger partial charge in [-0.2, -0.15) is 0 Å². The molecule has 1 aromatic heterocycles. The van der Waals surface area contributed by atoms with Crippen LogP contribution < -0.4 is 0 Å². The van der Waals surface area contributed by atoms with Gasteiger partial charge in [0.15, 0.2) is 0 Å². The first-order valence-electron chi connectivity index (χ1n) is 8.67. The molecule has 1 saturated heterocycles. The summed E-state index contributed by atoms with van der Waals surface area (Å²) >= 11 is 0. The Bertz CT molecular complexity index is 789. The van der Waals surface area contributed by atoms with Crippen LogP contribution in [-0.4, -0.2) is 49.0 Å². The van der Waals surface area contributed by atoms with Crippen molar-refractivity contribution in [3.05, 3.63) is 42.2 Å². The number of carbonyl (C=O) groups is 2. The molecule has 1 aromatic carbocycles. The molecular weight excluding hydrogens is 320 g/mol. The van der Waals surface area contributed by atoms with Crippen molar-refractivity contribution in [2.75, 3.05) is 0 Å². The number of hydrogen-bond donors (Lipinski definition) is 1. The van der Waals surface area contributed by atoms with Gasteiger partial charge in [-0.3, -0.25) is 4.79 Å². The first kappa shape index (κ1) is 15.8. The Morgan fingerprint density at radius 1 is 1.20 bits per heavy atom. The largest absolute Gasteiger partial charge is 0.480 e. The van der Waals surface area contributed by atoms with Crippen LogP contribution in [0.3, 0.4) is 0 Å². The van der Waals surface area contributed by atoms with Gasteiger partial charge in [-0.15, -0.1) is 5.10 Å².